The zero-order valence-corrected chi connectivity index (χ0v) is 9.03. The Morgan fingerprint density at radius 1 is 1.29 bits per heavy atom. The van der Waals surface area contributed by atoms with Crippen LogP contribution in [0.5, 0.6) is 0 Å². The van der Waals surface area contributed by atoms with Crippen molar-refractivity contribution in [3.8, 4) is 0 Å². The summed E-state index contributed by atoms with van der Waals surface area (Å²) in [6.45, 7) is 3.57. The zero-order chi connectivity index (χ0) is 10.6. The fourth-order valence-electron chi connectivity index (χ4n) is 1.96. The highest BCUT2D eigenvalue weighted by Crippen LogP contribution is 2.18. The second kappa shape index (κ2) is 5.29. The van der Waals surface area contributed by atoms with Crippen LogP contribution in [-0.4, -0.2) is 23.0 Å². The maximum Gasteiger partial charge on any atom is 0.225 e. The van der Waals surface area contributed by atoms with Crippen LogP contribution in [0, 0.1) is 10.1 Å². The van der Waals surface area contributed by atoms with E-state index in [4.69, 9.17) is 0 Å². The molecule has 4 heteroatoms. The summed E-state index contributed by atoms with van der Waals surface area (Å²) in [4.78, 5) is 10.3. The molecule has 1 rings (SSSR count). The lowest BCUT2D eigenvalue weighted by atomic mass is 9.94. The summed E-state index contributed by atoms with van der Waals surface area (Å²) in [6, 6.07) is -0.00817. The second-order valence-electron chi connectivity index (χ2n) is 4.32. The van der Waals surface area contributed by atoms with Gasteiger partial charge in [-0.3, -0.25) is 10.1 Å². The van der Waals surface area contributed by atoms with Crippen LogP contribution in [0.15, 0.2) is 0 Å². The van der Waals surface area contributed by atoms with E-state index in [0.717, 1.165) is 0 Å². The SMILES string of the molecule is CC(NC1CCCCC1)C(C)[N+](=O)[O-]. The van der Waals surface area contributed by atoms with Crippen molar-refractivity contribution in [1.29, 1.82) is 0 Å². The highest BCUT2D eigenvalue weighted by atomic mass is 16.6. The van der Waals surface area contributed by atoms with Gasteiger partial charge in [0.2, 0.25) is 6.04 Å². The maximum atomic E-state index is 10.5. The third-order valence-electron chi connectivity index (χ3n) is 3.16. The molecule has 14 heavy (non-hydrogen) atoms. The van der Waals surface area contributed by atoms with Gasteiger partial charge >= 0.3 is 0 Å². The number of nitro groups is 1. The molecule has 1 fully saturated rings. The molecule has 0 aliphatic heterocycles. The van der Waals surface area contributed by atoms with E-state index in [9.17, 15) is 10.1 Å². The van der Waals surface area contributed by atoms with Gasteiger partial charge < -0.3 is 5.32 Å². The van der Waals surface area contributed by atoms with E-state index < -0.39 is 6.04 Å². The first-order valence-corrected chi connectivity index (χ1v) is 5.51. The van der Waals surface area contributed by atoms with Gasteiger partial charge in [0, 0.05) is 17.9 Å². The quantitative estimate of drug-likeness (QED) is 0.557. The van der Waals surface area contributed by atoms with Gasteiger partial charge in [0.05, 0.1) is 6.04 Å². The lowest BCUT2D eigenvalue weighted by Crippen LogP contribution is -2.45. The average molecular weight is 200 g/mol. The number of hydrogen-bond donors (Lipinski definition) is 1. The van der Waals surface area contributed by atoms with Gasteiger partial charge in [-0.15, -0.1) is 0 Å². The van der Waals surface area contributed by atoms with E-state index >= 15 is 0 Å². The van der Waals surface area contributed by atoms with Gasteiger partial charge in [0.1, 0.15) is 0 Å². The summed E-state index contributed by atoms with van der Waals surface area (Å²) >= 11 is 0. The first kappa shape index (κ1) is 11.4. The van der Waals surface area contributed by atoms with Crippen molar-refractivity contribution in [2.75, 3.05) is 0 Å². The van der Waals surface area contributed by atoms with Crippen LogP contribution in [0.25, 0.3) is 0 Å². The molecule has 0 amide bonds. The minimum Gasteiger partial charge on any atom is -0.305 e. The molecule has 1 saturated carbocycles. The molecule has 1 N–H and O–H groups in total. The van der Waals surface area contributed by atoms with E-state index in [2.05, 4.69) is 5.32 Å². The predicted molar refractivity (Wildman–Crippen MR) is 55.9 cm³/mol. The summed E-state index contributed by atoms with van der Waals surface area (Å²) < 4.78 is 0. The van der Waals surface area contributed by atoms with Crippen LogP contribution < -0.4 is 5.32 Å². The number of nitrogens with one attached hydrogen (secondary N) is 1. The van der Waals surface area contributed by atoms with Gasteiger partial charge in [-0.05, 0) is 19.8 Å². The molecule has 0 aromatic carbocycles. The number of rotatable bonds is 4. The minimum absolute atomic E-state index is 0.0203. The highest BCUT2D eigenvalue weighted by Gasteiger charge is 2.25. The average Bonchev–Trinajstić information content (AvgIpc) is 2.18. The van der Waals surface area contributed by atoms with Crippen LogP contribution in [0.4, 0.5) is 0 Å². The summed E-state index contributed by atoms with van der Waals surface area (Å²) in [5.41, 5.74) is 0. The van der Waals surface area contributed by atoms with Crippen LogP contribution in [0.3, 0.4) is 0 Å². The minimum atomic E-state index is -0.489. The third kappa shape index (κ3) is 3.25. The van der Waals surface area contributed by atoms with Crippen molar-refractivity contribution in [3.63, 3.8) is 0 Å². The van der Waals surface area contributed by atoms with Crippen LogP contribution in [0.2, 0.25) is 0 Å². The van der Waals surface area contributed by atoms with Crippen molar-refractivity contribution >= 4 is 0 Å². The third-order valence-corrected chi connectivity index (χ3v) is 3.16. The molecule has 0 heterocycles. The molecule has 1 aliphatic rings. The van der Waals surface area contributed by atoms with E-state index in [1.54, 1.807) is 6.92 Å². The first-order chi connectivity index (χ1) is 6.61. The molecule has 0 radical (unpaired) electrons. The Morgan fingerprint density at radius 3 is 2.36 bits per heavy atom. The molecule has 0 aromatic heterocycles. The Balaban J connectivity index is 2.31. The van der Waals surface area contributed by atoms with Crippen molar-refractivity contribution in [3.05, 3.63) is 10.1 Å². The normalized spacial score (nSPS) is 23.0. The first-order valence-electron chi connectivity index (χ1n) is 5.51. The second-order valence-corrected chi connectivity index (χ2v) is 4.32. The molecule has 2 atom stereocenters. The molecule has 0 bridgehead atoms. The van der Waals surface area contributed by atoms with Crippen molar-refractivity contribution in [1.82, 2.24) is 5.32 Å². The fourth-order valence-corrected chi connectivity index (χ4v) is 1.96. The molecule has 4 nitrogen and oxygen atoms in total. The summed E-state index contributed by atoms with van der Waals surface area (Å²) in [7, 11) is 0. The molecule has 0 spiro atoms. The number of hydrogen-bond acceptors (Lipinski definition) is 3. The summed E-state index contributed by atoms with van der Waals surface area (Å²) in [5, 5.41) is 13.9. The molecular weight excluding hydrogens is 180 g/mol. The fraction of sp³-hybridized carbons (Fsp3) is 1.00. The Hall–Kier alpha value is -0.640. The van der Waals surface area contributed by atoms with Gasteiger partial charge in [-0.2, -0.15) is 0 Å². The molecule has 1 aliphatic carbocycles. The van der Waals surface area contributed by atoms with Gasteiger partial charge in [-0.1, -0.05) is 19.3 Å². The van der Waals surface area contributed by atoms with Crippen molar-refractivity contribution in [2.24, 2.45) is 0 Å². The topological polar surface area (TPSA) is 55.2 Å². The molecular formula is C10H20N2O2. The summed E-state index contributed by atoms with van der Waals surface area (Å²) in [6.07, 6.45) is 6.19. The Kier molecular flexibility index (Phi) is 4.32. The Bertz CT molecular complexity index is 191. The Labute approximate surface area is 85.2 Å². The largest absolute Gasteiger partial charge is 0.305 e. The molecule has 2 unspecified atom stereocenters. The van der Waals surface area contributed by atoms with E-state index in [1.807, 2.05) is 6.92 Å². The van der Waals surface area contributed by atoms with Gasteiger partial charge in [0.15, 0.2) is 0 Å². The van der Waals surface area contributed by atoms with Crippen LogP contribution >= 0.6 is 0 Å². The van der Waals surface area contributed by atoms with Crippen LogP contribution in [0.1, 0.15) is 46.0 Å². The smallest absolute Gasteiger partial charge is 0.225 e. The van der Waals surface area contributed by atoms with Crippen molar-refractivity contribution < 1.29 is 4.92 Å². The monoisotopic (exact) mass is 200 g/mol. The van der Waals surface area contributed by atoms with E-state index in [1.165, 1.54) is 32.1 Å². The lowest BCUT2D eigenvalue weighted by molar-refractivity contribution is -0.521. The van der Waals surface area contributed by atoms with Crippen LogP contribution in [-0.2, 0) is 0 Å². The summed E-state index contributed by atoms with van der Waals surface area (Å²) in [5.74, 6) is 0. The standard InChI is InChI=1S/C10H20N2O2/c1-8(9(2)12(13)14)11-10-6-4-3-5-7-10/h8-11H,3-7H2,1-2H3. The Morgan fingerprint density at radius 2 is 1.86 bits per heavy atom. The van der Waals surface area contributed by atoms with E-state index in [0.29, 0.717) is 6.04 Å². The van der Waals surface area contributed by atoms with Crippen molar-refractivity contribution in [2.45, 2.75) is 64.1 Å². The predicted octanol–water partition coefficient (Wildman–Crippen LogP) is 1.96. The highest BCUT2D eigenvalue weighted by molar-refractivity contribution is 4.77. The van der Waals surface area contributed by atoms with Gasteiger partial charge in [-0.25, -0.2) is 0 Å². The van der Waals surface area contributed by atoms with E-state index in [-0.39, 0.29) is 11.0 Å². The zero-order valence-electron chi connectivity index (χ0n) is 9.03. The van der Waals surface area contributed by atoms with Gasteiger partial charge in [0.25, 0.3) is 0 Å². The maximum absolute atomic E-state index is 10.5. The lowest BCUT2D eigenvalue weighted by Gasteiger charge is -2.26. The molecule has 0 aromatic rings. The molecule has 82 valence electrons. The number of nitrogens with zero attached hydrogens (tertiary/aromatic N) is 1. The molecule has 0 saturated heterocycles.